The summed E-state index contributed by atoms with van der Waals surface area (Å²) in [4.78, 5) is 10.9. The molecule has 0 aromatic heterocycles. The Bertz CT molecular complexity index is 134. The Hall–Kier alpha value is -0.570. The minimum Gasteiger partial charge on any atom is -0.391 e. The molecule has 12 heavy (non-hydrogen) atoms. The van der Waals surface area contributed by atoms with Crippen LogP contribution in [-0.4, -0.2) is 23.7 Å². The van der Waals surface area contributed by atoms with Crippen molar-refractivity contribution in [1.82, 2.24) is 5.32 Å². The molecule has 3 nitrogen and oxygen atoms in total. The lowest BCUT2D eigenvalue weighted by atomic mass is 10.1. The zero-order chi connectivity index (χ0) is 9.56. The predicted molar refractivity (Wildman–Crippen MR) is 48.8 cm³/mol. The third-order valence-corrected chi connectivity index (χ3v) is 1.75. The fourth-order valence-electron chi connectivity index (χ4n) is 0.770. The first kappa shape index (κ1) is 11.4. The smallest absolute Gasteiger partial charge is 0.220 e. The molecule has 0 saturated carbocycles. The highest BCUT2D eigenvalue weighted by Crippen LogP contribution is 1.98. The molecule has 0 bridgehead atoms. The number of carbonyl (C=O) groups excluding carboxylic acids is 1. The number of rotatable bonds is 5. The molecule has 72 valence electrons. The number of aliphatic hydroxyl groups excluding tert-OH is 1. The molecule has 0 heterocycles. The van der Waals surface area contributed by atoms with Crippen LogP contribution in [-0.2, 0) is 4.79 Å². The van der Waals surface area contributed by atoms with Gasteiger partial charge in [0.15, 0.2) is 0 Å². The van der Waals surface area contributed by atoms with Gasteiger partial charge in [-0.15, -0.1) is 0 Å². The molecule has 0 aliphatic carbocycles. The van der Waals surface area contributed by atoms with Crippen LogP contribution < -0.4 is 5.32 Å². The maximum Gasteiger partial charge on any atom is 0.220 e. The van der Waals surface area contributed by atoms with Crippen LogP contribution in [0.5, 0.6) is 0 Å². The summed E-state index contributed by atoms with van der Waals surface area (Å²) in [6.45, 7) is 6.18. The van der Waals surface area contributed by atoms with Crippen molar-refractivity contribution < 1.29 is 9.90 Å². The summed E-state index contributed by atoms with van der Waals surface area (Å²) in [5.74, 6) is 0.226. The van der Waals surface area contributed by atoms with Crippen LogP contribution in [0.3, 0.4) is 0 Å². The van der Waals surface area contributed by atoms with Gasteiger partial charge >= 0.3 is 0 Å². The largest absolute Gasteiger partial charge is 0.391 e. The molecule has 1 amide bonds. The summed E-state index contributed by atoms with van der Waals surface area (Å²) in [6.07, 6.45) is 0.972. The van der Waals surface area contributed by atoms with Gasteiger partial charge in [-0.25, -0.2) is 0 Å². The molecule has 0 aromatic rings. The van der Waals surface area contributed by atoms with E-state index in [2.05, 4.69) is 5.32 Å². The highest BCUT2D eigenvalue weighted by molar-refractivity contribution is 5.75. The van der Waals surface area contributed by atoms with Crippen molar-refractivity contribution in [3.8, 4) is 0 Å². The molecule has 1 unspecified atom stereocenters. The molecular formula is C9H19NO2. The Morgan fingerprint density at radius 1 is 1.50 bits per heavy atom. The van der Waals surface area contributed by atoms with Gasteiger partial charge in [0, 0.05) is 13.0 Å². The summed E-state index contributed by atoms with van der Waals surface area (Å²) >= 11 is 0. The number of hydrogen-bond donors (Lipinski definition) is 2. The first-order chi connectivity index (χ1) is 5.57. The lowest BCUT2D eigenvalue weighted by molar-refractivity contribution is -0.121. The Labute approximate surface area is 74.2 Å². The zero-order valence-corrected chi connectivity index (χ0v) is 8.13. The van der Waals surface area contributed by atoms with Crippen LogP contribution in [0.4, 0.5) is 0 Å². The Kier molecular flexibility index (Phi) is 5.72. The fraction of sp³-hybridized carbons (Fsp3) is 0.889. The van der Waals surface area contributed by atoms with Crippen molar-refractivity contribution in [1.29, 1.82) is 0 Å². The maximum absolute atomic E-state index is 10.9. The van der Waals surface area contributed by atoms with Gasteiger partial charge in [0.25, 0.3) is 0 Å². The highest BCUT2D eigenvalue weighted by Gasteiger charge is 2.09. The summed E-state index contributed by atoms with van der Waals surface area (Å²) in [7, 11) is 0. The summed E-state index contributed by atoms with van der Waals surface area (Å²) in [5, 5.41) is 12.0. The van der Waals surface area contributed by atoms with E-state index in [0.717, 1.165) is 6.42 Å². The Morgan fingerprint density at radius 3 is 2.50 bits per heavy atom. The molecule has 0 spiro atoms. The number of aliphatic hydroxyl groups is 1. The third-order valence-electron chi connectivity index (χ3n) is 1.75. The summed E-state index contributed by atoms with van der Waals surface area (Å²) in [5.41, 5.74) is 0. The molecule has 0 rings (SSSR count). The lowest BCUT2D eigenvalue weighted by Gasteiger charge is -2.14. The van der Waals surface area contributed by atoms with Crippen molar-refractivity contribution in [2.75, 3.05) is 6.54 Å². The second kappa shape index (κ2) is 6.00. The predicted octanol–water partition coefficient (Wildman–Crippen LogP) is 0.920. The molecule has 2 N–H and O–H groups in total. The second-order valence-corrected chi connectivity index (χ2v) is 3.37. The van der Waals surface area contributed by atoms with Crippen molar-refractivity contribution in [2.45, 2.75) is 39.7 Å². The zero-order valence-electron chi connectivity index (χ0n) is 8.13. The first-order valence-electron chi connectivity index (χ1n) is 4.52. The lowest BCUT2D eigenvalue weighted by Crippen LogP contribution is -2.34. The van der Waals surface area contributed by atoms with Crippen LogP contribution in [0.25, 0.3) is 0 Å². The Balaban J connectivity index is 3.47. The van der Waals surface area contributed by atoms with Gasteiger partial charge < -0.3 is 10.4 Å². The SMILES string of the molecule is CCCC(=O)NCC(O)C(C)C. The minimum atomic E-state index is -0.425. The topological polar surface area (TPSA) is 49.3 Å². The van der Waals surface area contributed by atoms with Gasteiger partial charge in [0.1, 0.15) is 0 Å². The molecule has 0 aromatic carbocycles. The van der Waals surface area contributed by atoms with Crippen LogP contribution in [0.2, 0.25) is 0 Å². The first-order valence-corrected chi connectivity index (χ1v) is 4.52. The number of amides is 1. The molecular weight excluding hydrogens is 154 g/mol. The van der Waals surface area contributed by atoms with Crippen molar-refractivity contribution in [3.05, 3.63) is 0 Å². The third kappa shape index (κ3) is 5.13. The van der Waals surface area contributed by atoms with Crippen molar-refractivity contribution >= 4 is 5.91 Å². The quantitative estimate of drug-likeness (QED) is 0.649. The van der Waals surface area contributed by atoms with E-state index in [-0.39, 0.29) is 11.8 Å². The van der Waals surface area contributed by atoms with Gasteiger partial charge in [0.2, 0.25) is 5.91 Å². The minimum absolute atomic E-state index is 0.0252. The number of carbonyl (C=O) groups is 1. The maximum atomic E-state index is 10.9. The van der Waals surface area contributed by atoms with Crippen LogP contribution in [0, 0.1) is 5.92 Å². The van der Waals surface area contributed by atoms with E-state index in [4.69, 9.17) is 0 Å². The fourth-order valence-corrected chi connectivity index (χ4v) is 0.770. The van der Waals surface area contributed by atoms with Crippen LogP contribution in [0.15, 0.2) is 0 Å². The van der Waals surface area contributed by atoms with E-state index in [1.165, 1.54) is 0 Å². The van der Waals surface area contributed by atoms with Gasteiger partial charge in [-0.1, -0.05) is 20.8 Å². The monoisotopic (exact) mass is 173 g/mol. The average molecular weight is 173 g/mol. The van der Waals surface area contributed by atoms with Crippen LogP contribution >= 0.6 is 0 Å². The average Bonchev–Trinajstić information content (AvgIpc) is 2.00. The molecule has 1 atom stereocenters. The molecule has 0 saturated heterocycles. The molecule has 0 aliphatic rings. The normalized spacial score (nSPS) is 13.1. The number of hydrogen-bond acceptors (Lipinski definition) is 2. The summed E-state index contributed by atoms with van der Waals surface area (Å²) < 4.78 is 0. The second-order valence-electron chi connectivity index (χ2n) is 3.37. The molecule has 0 radical (unpaired) electrons. The van der Waals surface area contributed by atoms with E-state index < -0.39 is 6.10 Å². The van der Waals surface area contributed by atoms with Crippen molar-refractivity contribution in [2.24, 2.45) is 5.92 Å². The van der Waals surface area contributed by atoms with Crippen LogP contribution in [0.1, 0.15) is 33.6 Å². The van der Waals surface area contributed by atoms with Crippen molar-refractivity contribution in [3.63, 3.8) is 0 Å². The van der Waals surface area contributed by atoms with Gasteiger partial charge in [-0.05, 0) is 12.3 Å². The van der Waals surface area contributed by atoms with E-state index in [1.807, 2.05) is 20.8 Å². The van der Waals surface area contributed by atoms with E-state index in [9.17, 15) is 9.90 Å². The molecule has 0 fully saturated rings. The van der Waals surface area contributed by atoms with E-state index in [1.54, 1.807) is 0 Å². The van der Waals surface area contributed by atoms with Gasteiger partial charge in [-0.3, -0.25) is 4.79 Å². The van der Waals surface area contributed by atoms with Gasteiger partial charge in [0.05, 0.1) is 6.10 Å². The number of nitrogens with one attached hydrogen (secondary N) is 1. The molecule has 0 aliphatic heterocycles. The standard InChI is InChI=1S/C9H19NO2/c1-4-5-9(12)10-6-8(11)7(2)3/h7-8,11H,4-6H2,1-3H3,(H,10,12). The van der Waals surface area contributed by atoms with E-state index in [0.29, 0.717) is 13.0 Å². The van der Waals surface area contributed by atoms with Gasteiger partial charge in [-0.2, -0.15) is 0 Å². The summed E-state index contributed by atoms with van der Waals surface area (Å²) in [6, 6.07) is 0. The Morgan fingerprint density at radius 2 is 2.08 bits per heavy atom. The van der Waals surface area contributed by atoms with E-state index >= 15 is 0 Å². The highest BCUT2D eigenvalue weighted by atomic mass is 16.3. The molecule has 3 heteroatoms.